The van der Waals surface area contributed by atoms with E-state index in [1.54, 1.807) is 13.0 Å². The maximum atomic E-state index is 12.1. The van der Waals surface area contributed by atoms with E-state index in [4.69, 9.17) is 0 Å². The number of aromatic amines is 1. The van der Waals surface area contributed by atoms with Crippen molar-refractivity contribution in [1.82, 2.24) is 19.7 Å². The van der Waals surface area contributed by atoms with Gasteiger partial charge >= 0.3 is 0 Å². The van der Waals surface area contributed by atoms with Gasteiger partial charge in [-0.05, 0) is 26.7 Å². The summed E-state index contributed by atoms with van der Waals surface area (Å²) in [5.41, 5.74) is 1.88. The molecule has 2 rings (SSSR count). The second kappa shape index (κ2) is 6.55. The van der Waals surface area contributed by atoms with Gasteiger partial charge in [0.15, 0.2) is 0 Å². The Hall–Kier alpha value is -2.44. The van der Waals surface area contributed by atoms with Crippen molar-refractivity contribution in [2.75, 3.05) is 5.32 Å². The maximum absolute atomic E-state index is 12.1. The molecule has 0 unspecified atom stereocenters. The molecule has 2 heterocycles. The largest absolute Gasteiger partial charge is 0.310 e. The fraction of sp³-hybridized carbons (Fsp3) is 0.467. The van der Waals surface area contributed by atoms with Crippen LogP contribution in [-0.2, 0) is 11.2 Å². The first-order valence-corrected chi connectivity index (χ1v) is 7.42. The Bertz CT molecular complexity index is 745. The molecule has 0 bridgehead atoms. The van der Waals surface area contributed by atoms with Crippen molar-refractivity contribution in [2.24, 2.45) is 0 Å². The van der Waals surface area contributed by atoms with Crippen LogP contribution in [0.3, 0.4) is 0 Å². The molecule has 2 N–H and O–H groups in total. The molecule has 0 spiro atoms. The number of nitrogens with one attached hydrogen (secondary N) is 2. The van der Waals surface area contributed by atoms with Gasteiger partial charge in [0.1, 0.15) is 5.82 Å². The van der Waals surface area contributed by atoms with E-state index in [0.717, 1.165) is 12.1 Å². The SMILES string of the molecule is CCCC(=O)Nc1cc(C)nn1-c1nc(C)c(CC)c(=O)[nH]1. The third-order valence-corrected chi connectivity index (χ3v) is 3.34. The molecule has 0 aliphatic heterocycles. The van der Waals surface area contributed by atoms with Gasteiger partial charge in [0, 0.05) is 23.7 Å². The van der Waals surface area contributed by atoms with Gasteiger partial charge in [0.05, 0.1) is 5.69 Å². The van der Waals surface area contributed by atoms with E-state index in [1.165, 1.54) is 4.68 Å². The number of carbonyl (C=O) groups is 1. The van der Waals surface area contributed by atoms with Crippen LogP contribution in [-0.4, -0.2) is 25.7 Å². The number of carbonyl (C=O) groups excluding carboxylic acids is 1. The van der Waals surface area contributed by atoms with Crippen LogP contribution in [0.5, 0.6) is 0 Å². The van der Waals surface area contributed by atoms with Crippen molar-refractivity contribution >= 4 is 11.7 Å². The first-order chi connectivity index (χ1) is 10.5. The monoisotopic (exact) mass is 303 g/mol. The summed E-state index contributed by atoms with van der Waals surface area (Å²) < 4.78 is 1.46. The zero-order valence-electron chi connectivity index (χ0n) is 13.4. The Morgan fingerprint density at radius 1 is 1.36 bits per heavy atom. The Kier molecular flexibility index (Phi) is 4.75. The predicted octanol–water partition coefficient (Wildman–Crippen LogP) is 1.87. The van der Waals surface area contributed by atoms with Crippen LogP contribution in [0.15, 0.2) is 10.9 Å². The molecule has 0 saturated heterocycles. The second-order valence-corrected chi connectivity index (χ2v) is 5.19. The third-order valence-electron chi connectivity index (χ3n) is 3.34. The fourth-order valence-electron chi connectivity index (χ4n) is 2.29. The highest BCUT2D eigenvalue weighted by molar-refractivity contribution is 5.90. The molecule has 2 aromatic rings. The molecule has 2 aromatic heterocycles. The smallest absolute Gasteiger partial charge is 0.255 e. The van der Waals surface area contributed by atoms with E-state index < -0.39 is 0 Å². The number of anilines is 1. The highest BCUT2D eigenvalue weighted by Crippen LogP contribution is 2.15. The Morgan fingerprint density at radius 2 is 2.09 bits per heavy atom. The number of aromatic nitrogens is 4. The lowest BCUT2D eigenvalue weighted by atomic mass is 10.2. The fourth-order valence-corrected chi connectivity index (χ4v) is 2.29. The maximum Gasteiger partial charge on any atom is 0.255 e. The highest BCUT2D eigenvalue weighted by Gasteiger charge is 2.14. The number of H-pyrrole nitrogens is 1. The molecule has 22 heavy (non-hydrogen) atoms. The van der Waals surface area contributed by atoms with E-state index in [1.807, 2.05) is 20.8 Å². The van der Waals surface area contributed by atoms with Crippen molar-refractivity contribution in [1.29, 1.82) is 0 Å². The topological polar surface area (TPSA) is 92.7 Å². The van der Waals surface area contributed by atoms with Crippen LogP contribution in [0.25, 0.3) is 5.95 Å². The average Bonchev–Trinajstić information content (AvgIpc) is 2.79. The first kappa shape index (κ1) is 15.9. The van der Waals surface area contributed by atoms with Gasteiger partial charge in [-0.2, -0.15) is 9.78 Å². The van der Waals surface area contributed by atoms with Crippen molar-refractivity contribution in [3.8, 4) is 5.95 Å². The van der Waals surface area contributed by atoms with Gasteiger partial charge in [0.25, 0.3) is 5.56 Å². The normalized spacial score (nSPS) is 10.7. The zero-order valence-corrected chi connectivity index (χ0v) is 13.4. The van der Waals surface area contributed by atoms with E-state index in [9.17, 15) is 9.59 Å². The number of aryl methyl sites for hydroxylation is 2. The molecule has 0 aliphatic rings. The quantitative estimate of drug-likeness (QED) is 0.882. The number of hydrogen-bond donors (Lipinski definition) is 2. The van der Waals surface area contributed by atoms with Gasteiger partial charge in [-0.1, -0.05) is 13.8 Å². The van der Waals surface area contributed by atoms with E-state index >= 15 is 0 Å². The van der Waals surface area contributed by atoms with Gasteiger partial charge < -0.3 is 5.32 Å². The molecular weight excluding hydrogens is 282 g/mol. The van der Waals surface area contributed by atoms with Crippen LogP contribution < -0.4 is 10.9 Å². The lowest BCUT2D eigenvalue weighted by Crippen LogP contribution is -2.21. The van der Waals surface area contributed by atoms with Crippen molar-refractivity contribution in [3.05, 3.63) is 33.4 Å². The van der Waals surface area contributed by atoms with Gasteiger partial charge in [0.2, 0.25) is 11.9 Å². The molecule has 0 radical (unpaired) electrons. The molecule has 0 aromatic carbocycles. The third kappa shape index (κ3) is 3.24. The Morgan fingerprint density at radius 3 is 2.68 bits per heavy atom. The molecule has 7 nitrogen and oxygen atoms in total. The summed E-state index contributed by atoms with van der Waals surface area (Å²) >= 11 is 0. The van der Waals surface area contributed by atoms with E-state index in [-0.39, 0.29) is 11.5 Å². The molecule has 118 valence electrons. The molecule has 0 fully saturated rings. The van der Waals surface area contributed by atoms with Crippen LogP contribution >= 0.6 is 0 Å². The Balaban J connectivity index is 2.45. The van der Waals surface area contributed by atoms with Crippen LogP contribution in [0.4, 0.5) is 5.82 Å². The number of hydrogen-bond acceptors (Lipinski definition) is 4. The number of rotatable bonds is 5. The van der Waals surface area contributed by atoms with Crippen molar-refractivity contribution < 1.29 is 4.79 Å². The van der Waals surface area contributed by atoms with E-state index in [2.05, 4.69) is 20.4 Å². The summed E-state index contributed by atoms with van der Waals surface area (Å²) in [5, 5.41) is 7.10. The van der Waals surface area contributed by atoms with Crippen LogP contribution in [0, 0.1) is 13.8 Å². The summed E-state index contributed by atoms with van der Waals surface area (Å²) in [7, 11) is 0. The molecule has 0 aliphatic carbocycles. The summed E-state index contributed by atoms with van der Waals surface area (Å²) in [6, 6.07) is 1.75. The molecule has 0 atom stereocenters. The van der Waals surface area contributed by atoms with Crippen molar-refractivity contribution in [2.45, 2.75) is 47.0 Å². The van der Waals surface area contributed by atoms with Gasteiger partial charge in [-0.3, -0.25) is 14.6 Å². The van der Waals surface area contributed by atoms with Crippen molar-refractivity contribution in [3.63, 3.8) is 0 Å². The minimum atomic E-state index is -0.177. The lowest BCUT2D eigenvalue weighted by Gasteiger charge is -2.09. The first-order valence-electron chi connectivity index (χ1n) is 7.42. The lowest BCUT2D eigenvalue weighted by molar-refractivity contribution is -0.116. The van der Waals surface area contributed by atoms with Crippen LogP contribution in [0.1, 0.15) is 43.6 Å². The van der Waals surface area contributed by atoms with Gasteiger partial charge in [-0.25, -0.2) is 4.98 Å². The molecular formula is C15H21N5O2. The summed E-state index contributed by atoms with van der Waals surface area (Å²) in [4.78, 5) is 31.0. The molecule has 1 amide bonds. The van der Waals surface area contributed by atoms with E-state index in [0.29, 0.717) is 35.9 Å². The minimum absolute atomic E-state index is 0.0899. The minimum Gasteiger partial charge on any atom is -0.310 e. The second-order valence-electron chi connectivity index (χ2n) is 5.19. The summed E-state index contributed by atoms with van der Waals surface area (Å²) in [5.74, 6) is 0.718. The standard InChI is InChI=1S/C15H21N5O2/c1-5-7-13(21)17-12-8-9(3)19-20(12)15-16-10(4)11(6-2)14(22)18-15/h8H,5-7H2,1-4H3,(H,17,21)(H,16,18,22). The Labute approximate surface area is 128 Å². The van der Waals surface area contributed by atoms with Crippen LogP contribution in [0.2, 0.25) is 0 Å². The number of nitrogens with zero attached hydrogens (tertiary/aromatic N) is 3. The molecule has 7 heteroatoms. The molecule has 0 saturated carbocycles. The zero-order chi connectivity index (χ0) is 16.3. The summed E-state index contributed by atoms with van der Waals surface area (Å²) in [6.45, 7) is 7.46. The number of amides is 1. The average molecular weight is 303 g/mol. The predicted molar refractivity (Wildman–Crippen MR) is 84.4 cm³/mol. The van der Waals surface area contributed by atoms with Gasteiger partial charge in [-0.15, -0.1) is 0 Å². The summed E-state index contributed by atoms with van der Waals surface area (Å²) in [6.07, 6.45) is 1.81. The highest BCUT2D eigenvalue weighted by atomic mass is 16.1.